The van der Waals surface area contributed by atoms with E-state index in [-0.39, 0.29) is 5.91 Å². The van der Waals surface area contributed by atoms with Crippen LogP contribution in [0.2, 0.25) is 0 Å². The highest BCUT2D eigenvalue weighted by Gasteiger charge is 2.27. The van der Waals surface area contributed by atoms with E-state index in [0.717, 1.165) is 30.8 Å². The molecule has 0 aromatic carbocycles. The first-order chi connectivity index (χ1) is 9.24. The van der Waals surface area contributed by atoms with Gasteiger partial charge in [-0.25, -0.2) is 0 Å². The predicted molar refractivity (Wildman–Crippen MR) is 67.7 cm³/mol. The molecule has 6 nitrogen and oxygen atoms in total. The van der Waals surface area contributed by atoms with Gasteiger partial charge in [-0.05, 0) is 25.8 Å². The van der Waals surface area contributed by atoms with Crippen LogP contribution in [0.3, 0.4) is 0 Å². The molecule has 1 saturated heterocycles. The van der Waals surface area contributed by atoms with Gasteiger partial charge >= 0.3 is 0 Å². The second kappa shape index (κ2) is 4.87. The average molecular weight is 260 g/mol. The van der Waals surface area contributed by atoms with Gasteiger partial charge in [0.25, 0.3) is 5.91 Å². The van der Waals surface area contributed by atoms with Crippen LogP contribution in [0, 0.1) is 6.92 Å². The summed E-state index contributed by atoms with van der Waals surface area (Å²) in [4.78, 5) is 14.1. The van der Waals surface area contributed by atoms with Gasteiger partial charge in [-0.1, -0.05) is 5.16 Å². The van der Waals surface area contributed by atoms with E-state index in [2.05, 4.69) is 15.4 Å². The van der Waals surface area contributed by atoms with Crippen LogP contribution in [-0.2, 0) is 0 Å². The molecule has 1 amide bonds. The third-order valence-electron chi connectivity index (χ3n) is 3.51. The van der Waals surface area contributed by atoms with Crippen LogP contribution in [0.15, 0.2) is 22.9 Å². The van der Waals surface area contributed by atoms with Crippen LogP contribution in [-0.4, -0.2) is 39.3 Å². The fourth-order valence-corrected chi connectivity index (χ4v) is 2.53. The molecule has 1 atom stereocenters. The molecular weight excluding hydrogens is 244 g/mol. The molecule has 0 bridgehead atoms. The zero-order valence-corrected chi connectivity index (χ0v) is 10.8. The lowest BCUT2D eigenvalue weighted by Crippen LogP contribution is -2.39. The molecule has 1 aliphatic heterocycles. The summed E-state index contributed by atoms with van der Waals surface area (Å²) in [7, 11) is 0. The first kappa shape index (κ1) is 12.0. The Morgan fingerprint density at radius 2 is 2.47 bits per heavy atom. The second-order valence-electron chi connectivity index (χ2n) is 4.93. The minimum atomic E-state index is -0.0789. The minimum absolute atomic E-state index is 0.0789. The highest BCUT2D eigenvalue weighted by atomic mass is 16.5. The van der Waals surface area contributed by atoms with Crippen LogP contribution < -0.4 is 0 Å². The molecule has 1 N–H and O–H groups in total. The molecule has 100 valence electrons. The quantitative estimate of drug-likeness (QED) is 0.892. The molecular formula is C13H16N4O2. The topological polar surface area (TPSA) is 75.0 Å². The molecule has 1 unspecified atom stereocenters. The van der Waals surface area contributed by atoms with Crippen LogP contribution in [0.25, 0.3) is 0 Å². The van der Waals surface area contributed by atoms with Crippen molar-refractivity contribution in [3.63, 3.8) is 0 Å². The zero-order valence-electron chi connectivity index (χ0n) is 10.8. The lowest BCUT2D eigenvalue weighted by molar-refractivity contribution is 0.0664. The molecule has 6 heteroatoms. The summed E-state index contributed by atoms with van der Waals surface area (Å²) in [5, 5.41) is 10.7. The maximum absolute atomic E-state index is 12.3. The number of likely N-dealkylation sites (tertiary alicyclic amines) is 1. The van der Waals surface area contributed by atoms with Crippen molar-refractivity contribution in [2.75, 3.05) is 13.1 Å². The van der Waals surface area contributed by atoms with Gasteiger partial charge < -0.3 is 9.42 Å². The molecule has 0 radical (unpaired) electrons. The van der Waals surface area contributed by atoms with Gasteiger partial charge in [-0.3, -0.25) is 9.89 Å². The Labute approximate surface area is 110 Å². The number of rotatable bonds is 2. The largest absolute Gasteiger partial charge is 0.351 e. The van der Waals surface area contributed by atoms with Gasteiger partial charge in [0.05, 0.1) is 5.69 Å². The summed E-state index contributed by atoms with van der Waals surface area (Å²) in [6, 6.07) is 3.65. The van der Waals surface area contributed by atoms with Crippen molar-refractivity contribution in [2.24, 2.45) is 0 Å². The molecule has 0 saturated carbocycles. The number of aryl methyl sites for hydroxylation is 1. The number of carbonyl (C=O) groups excluding carboxylic acids is 1. The number of H-pyrrole nitrogens is 1. The summed E-state index contributed by atoms with van der Waals surface area (Å²) in [5.74, 6) is 0.566. The number of hydrogen-bond donors (Lipinski definition) is 1. The third-order valence-corrected chi connectivity index (χ3v) is 3.51. The summed E-state index contributed by atoms with van der Waals surface area (Å²) in [6.07, 6.45) is 3.81. The van der Waals surface area contributed by atoms with Crippen molar-refractivity contribution in [3.8, 4) is 0 Å². The van der Waals surface area contributed by atoms with Crippen LogP contribution >= 0.6 is 0 Å². The van der Waals surface area contributed by atoms with Crippen molar-refractivity contribution in [1.82, 2.24) is 20.3 Å². The van der Waals surface area contributed by atoms with Crippen LogP contribution in [0.5, 0.6) is 0 Å². The number of hydrogen-bond acceptors (Lipinski definition) is 4. The van der Waals surface area contributed by atoms with Gasteiger partial charge in [-0.2, -0.15) is 5.10 Å². The molecule has 2 aromatic heterocycles. The summed E-state index contributed by atoms with van der Waals surface area (Å²) in [5.41, 5.74) is 1.82. The molecule has 3 heterocycles. The Bertz CT molecular complexity index is 561. The summed E-state index contributed by atoms with van der Waals surface area (Å²) < 4.78 is 5.04. The van der Waals surface area contributed by atoms with Gasteiger partial charge in [0.1, 0.15) is 0 Å². The number of carbonyl (C=O) groups is 1. The molecule has 19 heavy (non-hydrogen) atoms. The fraction of sp³-hybridized carbons (Fsp3) is 0.462. The highest BCUT2D eigenvalue weighted by Crippen LogP contribution is 2.26. The Morgan fingerprint density at radius 3 is 3.16 bits per heavy atom. The van der Waals surface area contributed by atoms with Gasteiger partial charge in [0.15, 0.2) is 0 Å². The minimum Gasteiger partial charge on any atom is -0.351 e. The number of piperidine rings is 1. The normalized spacial score (nSPS) is 19.6. The first-order valence-corrected chi connectivity index (χ1v) is 6.46. The van der Waals surface area contributed by atoms with Gasteiger partial charge in [0.2, 0.25) is 5.76 Å². The maximum Gasteiger partial charge on any atom is 0.292 e. The molecule has 3 rings (SSSR count). The van der Waals surface area contributed by atoms with Gasteiger partial charge in [0, 0.05) is 37.0 Å². The lowest BCUT2D eigenvalue weighted by atomic mass is 9.95. The van der Waals surface area contributed by atoms with Crippen molar-refractivity contribution >= 4 is 5.91 Å². The smallest absolute Gasteiger partial charge is 0.292 e. The van der Waals surface area contributed by atoms with E-state index in [0.29, 0.717) is 18.2 Å². The SMILES string of the molecule is Cc1cc(C(=O)N2CCCC(c3ccn[nH]3)C2)on1. The van der Waals surface area contributed by atoms with E-state index < -0.39 is 0 Å². The van der Waals surface area contributed by atoms with E-state index in [1.807, 2.05) is 17.9 Å². The molecule has 1 aliphatic rings. The van der Waals surface area contributed by atoms with Crippen molar-refractivity contribution in [3.05, 3.63) is 35.5 Å². The van der Waals surface area contributed by atoms with E-state index in [9.17, 15) is 4.79 Å². The lowest BCUT2D eigenvalue weighted by Gasteiger charge is -2.31. The Morgan fingerprint density at radius 1 is 1.58 bits per heavy atom. The van der Waals surface area contributed by atoms with Gasteiger partial charge in [-0.15, -0.1) is 0 Å². The zero-order chi connectivity index (χ0) is 13.2. The first-order valence-electron chi connectivity index (χ1n) is 6.46. The highest BCUT2D eigenvalue weighted by molar-refractivity contribution is 5.91. The number of aromatic nitrogens is 3. The van der Waals surface area contributed by atoms with E-state index in [4.69, 9.17) is 4.52 Å². The summed E-state index contributed by atoms with van der Waals surface area (Å²) in [6.45, 7) is 3.27. The number of aromatic amines is 1. The molecule has 2 aromatic rings. The van der Waals surface area contributed by atoms with E-state index in [1.54, 1.807) is 12.3 Å². The maximum atomic E-state index is 12.3. The Kier molecular flexibility index (Phi) is 3.06. The Hall–Kier alpha value is -2.11. The van der Waals surface area contributed by atoms with Crippen molar-refractivity contribution in [2.45, 2.75) is 25.7 Å². The van der Waals surface area contributed by atoms with Crippen LogP contribution in [0.1, 0.15) is 40.7 Å². The predicted octanol–water partition coefficient (Wildman–Crippen LogP) is 1.73. The standard InChI is InChI=1S/C13H16N4O2/c1-9-7-12(19-16-9)13(18)17-6-2-3-10(8-17)11-4-5-14-15-11/h4-5,7,10H,2-3,6,8H2,1H3,(H,14,15). The Balaban J connectivity index is 1.73. The monoisotopic (exact) mass is 260 g/mol. The third kappa shape index (κ3) is 2.38. The molecule has 0 aliphatic carbocycles. The van der Waals surface area contributed by atoms with Crippen molar-refractivity contribution < 1.29 is 9.32 Å². The van der Waals surface area contributed by atoms with E-state index >= 15 is 0 Å². The average Bonchev–Trinajstić information content (AvgIpc) is 3.09. The fourth-order valence-electron chi connectivity index (χ4n) is 2.53. The van der Waals surface area contributed by atoms with Crippen LogP contribution in [0.4, 0.5) is 0 Å². The number of nitrogens with one attached hydrogen (secondary N) is 1. The number of amides is 1. The number of nitrogens with zero attached hydrogens (tertiary/aromatic N) is 3. The second-order valence-corrected chi connectivity index (χ2v) is 4.93. The van der Waals surface area contributed by atoms with E-state index in [1.165, 1.54) is 0 Å². The van der Waals surface area contributed by atoms with Crippen molar-refractivity contribution in [1.29, 1.82) is 0 Å². The summed E-state index contributed by atoms with van der Waals surface area (Å²) >= 11 is 0. The molecule has 0 spiro atoms. The molecule has 1 fully saturated rings.